The highest BCUT2D eigenvalue weighted by Gasteiger charge is 2.41. The van der Waals surface area contributed by atoms with Gasteiger partial charge in [0.2, 0.25) is 10.0 Å². The van der Waals surface area contributed by atoms with E-state index in [2.05, 4.69) is 0 Å². The van der Waals surface area contributed by atoms with Crippen LogP contribution in [0.4, 0.5) is 13.2 Å². The molecule has 0 aliphatic carbocycles. The van der Waals surface area contributed by atoms with Gasteiger partial charge in [-0.25, -0.2) is 16.8 Å². The van der Waals surface area contributed by atoms with Gasteiger partial charge >= 0.3 is 6.18 Å². The molecule has 1 saturated heterocycles. The van der Waals surface area contributed by atoms with E-state index in [0.717, 1.165) is 16.4 Å². The predicted molar refractivity (Wildman–Crippen MR) is 97.2 cm³/mol. The first-order valence-corrected chi connectivity index (χ1v) is 11.5. The SMILES string of the molecule is O=S(=O)(c1ccccc1)C1CCN(S(=O)(=O)c2ccc(Cl)c(C(F)(F)F)c2)C1. The fraction of sp³-hybridized carbons (Fsp3) is 0.294. The average molecular weight is 454 g/mol. The summed E-state index contributed by atoms with van der Waals surface area (Å²) < 4.78 is 90.9. The summed E-state index contributed by atoms with van der Waals surface area (Å²) in [5.41, 5.74) is -1.26. The molecule has 0 bridgehead atoms. The van der Waals surface area contributed by atoms with Gasteiger partial charge in [-0.3, -0.25) is 0 Å². The Bertz CT molecular complexity index is 1090. The number of sulfonamides is 1. The number of hydrogen-bond acceptors (Lipinski definition) is 4. The van der Waals surface area contributed by atoms with Gasteiger partial charge < -0.3 is 0 Å². The molecule has 1 aliphatic rings. The van der Waals surface area contributed by atoms with E-state index in [9.17, 15) is 30.0 Å². The van der Waals surface area contributed by atoms with Crippen LogP contribution in [-0.4, -0.2) is 39.5 Å². The molecule has 1 heterocycles. The molecule has 0 spiro atoms. The number of benzene rings is 2. The minimum absolute atomic E-state index is 0.0518. The molecular weight excluding hydrogens is 439 g/mol. The molecule has 0 aromatic heterocycles. The predicted octanol–water partition coefficient (Wildman–Crippen LogP) is 3.60. The lowest BCUT2D eigenvalue weighted by Gasteiger charge is -2.18. The van der Waals surface area contributed by atoms with E-state index in [4.69, 9.17) is 11.6 Å². The molecule has 2 aromatic carbocycles. The first-order valence-electron chi connectivity index (χ1n) is 8.10. The van der Waals surface area contributed by atoms with Crippen LogP contribution >= 0.6 is 11.6 Å². The highest BCUT2D eigenvalue weighted by atomic mass is 35.5. The third-order valence-corrected chi connectivity index (χ3v) is 8.88. The van der Waals surface area contributed by atoms with Gasteiger partial charge in [0.05, 0.1) is 25.6 Å². The summed E-state index contributed by atoms with van der Waals surface area (Å²) in [5.74, 6) is 0. The first kappa shape index (κ1) is 21.1. The maximum atomic E-state index is 13.0. The van der Waals surface area contributed by atoms with E-state index < -0.39 is 46.8 Å². The van der Waals surface area contributed by atoms with Gasteiger partial charge in [-0.05, 0) is 36.8 Å². The van der Waals surface area contributed by atoms with Gasteiger partial charge in [0.25, 0.3) is 0 Å². The van der Waals surface area contributed by atoms with Crippen molar-refractivity contribution in [3.8, 4) is 0 Å². The van der Waals surface area contributed by atoms with E-state index in [1.54, 1.807) is 18.2 Å². The summed E-state index contributed by atoms with van der Waals surface area (Å²) in [5, 5.41) is -1.59. The second-order valence-electron chi connectivity index (χ2n) is 6.27. The van der Waals surface area contributed by atoms with Crippen LogP contribution in [0.15, 0.2) is 58.3 Å². The van der Waals surface area contributed by atoms with E-state index in [1.165, 1.54) is 12.1 Å². The highest BCUT2D eigenvalue weighted by molar-refractivity contribution is 7.92. The molecule has 3 rings (SSSR count). The molecule has 1 atom stereocenters. The minimum Gasteiger partial charge on any atom is -0.223 e. The summed E-state index contributed by atoms with van der Waals surface area (Å²) >= 11 is 5.53. The Balaban J connectivity index is 1.89. The van der Waals surface area contributed by atoms with Crippen LogP contribution in [0, 0.1) is 0 Å². The summed E-state index contributed by atoms with van der Waals surface area (Å²) in [6.07, 6.45) is -4.76. The van der Waals surface area contributed by atoms with E-state index in [-0.39, 0.29) is 24.4 Å². The quantitative estimate of drug-likeness (QED) is 0.709. The molecule has 152 valence electrons. The molecule has 0 amide bonds. The zero-order chi connectivity index (χ0) is 20.7. The molecule has 2 aromatic rings. The van der Waals surface area contributed by atoms with Crippen molar-refractivity contribution in [2.45, 2.75) is 27.6 Å². The molecule has 0 radical (unpaired) electrons. The zero-order valence-corrected chi connectivity index (χ0v) is 16.6. The van der Waals surface area contributed by atoms with E-state index in [1.807, 2.05) is 0 Å². The van der Waals surface area contributed by atoms with Crippen LogP contribution in [0.2, 0.25) is 5.02 Å². The highest BCUT2D eigenvalue weighted by Crippen LogP contribution is 2.37. The lowest BCUT2D eigenvalue weighted by atomic mass is 10.2. The van der Waals surface area contributed by atoms with Gasteiger partial charge in [-0.2, -0.15) is 17.5 Å². The number of alkyl halides is 3. The molecule has 0 N–H and O–H groups in total. The molecule has 1 unspecified atom stereocenters. The molecule has 1 fully saturated rings. The van der Waals surface area contributed by atoms with Gasteiger partial charge in [0.15, 0.2) is 9.84 Å². The van der Waals surface area contributed by atoms with Crippen LogP contribution in [0.3, 0.4) is 0 Å². The maximum absolute atomic E-state index is 13.0. The zero-order valence-electron chi connectivity index (χ0n) is 14.2. The van der Waals surface area contributed by atoms with Gasteiger partial charge in [-0.1, -0.05) is 29.8 Å². The van der Waals surface area contributed by atoms with Crippen molar-refractivity contribution >= 4 is 31.5 Å². The molecule has 0 saturated carbocycles. The maximum Gasteiger partial charge on any atom is 0.417 e. The number of hydrogen-bond donors (Lipinski definition) is 0. The number of rotatable bonds is 4. The van der Waals surface area contributed by atoms with Crippen molar-refractivity contribution in [2.75, 3.05) is 13.1 Å². The summed E-state index contributed by atoms with van der Waals surface area (Å²) in [6, 6.07) is 9.92. The van der Waals surface area contributed by atoms with Crippen LogP contribution in [-0.2, 0) is 26.0 Å². The Kier molecular flexibility index (Phi) is 5.52. The largest absolute Gasteiger partial charge is 0.417 e. The summed E-state index contributed by atoms with van der Waals surface area (Å²) in [7, 11) is -8.06. The molecular formula is C17H15ClF3NO4S2. The van der Waals surface area contributed by atoms with Crippen molar-refractivity contribution in [2.24, 2.45) is 0 Å². The smallest absolute Gasteiger partial charge is 0.223 e. The van der Waals surface area contributed by atoms with Crippen molar-refractivity contribution < 1.29 is 30.0 Å². The van der Waals surface area contributed by atoms with Crippen molar-refractivity contribution in [3.63, 3.8) is 0 Å². The van der Waals surface area contributed by atoms with Crippen LogP contribution in [0.1, 0.15) is 12.0 Å². The van der Waals surface area contributed by atoms with Crippen LogP contribution in [0.25, 0.3) is 0 Å². The minimum atomic E-state index is -4.81. The topological polar surface area (TPSA) is 71.5 Å². The van der Waals surface area contributed by atoms with E-state index in [0.29, 0.717) is 6.07 Å². The van der Waals surface area contributed by atoms with E-state index >= 15 is 0 Å². The molecule has 1 aliphatic heterocycles. The Morgan fingerprint density at radius 2 is 1.61 bits per heavy atom. The Morgan fingerprint density at radius 3 is 2.21 bits per heavy atom. The summed E-state index contributed by atoms with van der Waals surface area (Å²) in [4.78, 5) is -0.507. The Labute approximate surface area is 165 Å². The van der Waals surface area contributed by atoms with Crippen LogP contribution < -0.4 is 0 Å². The standard InChI is InChI=1S/C17H15ClF3NO4S2/c18-16-7-6-13(10-15(16)17(19,20)21)28(25,26)22-9-8-14(11-22)27(23,24)12-4-2-1-3-5-12/h1-7,10,14H,8-9,11H2. The number of sulfone groups is 1. The van der Waals surface area contributed by atoms with Gasteiger partial charge in [-0.15, -0.1) is 0 Å². The normalized spacial score (nSPS) is 19.1. The second-order valence-corrected chi connectivity index (χ2v) is 10.8. The molecule has 5 nitrogen and oxygen atoms in total. The third kappa shape index (κ3) is 3.91. The Hall–Kier alpha value is -1.62. The Morgan fingerprint density at radius 1 is 0.964 bits per heavy atom. The third-order valence-electron chi connectivity index (χ3n) is 4.50. The number of halogens is 4. The van der Waals surface area contributed by atoms with Crippen molar-refractivity contribution in [1.29, 1.82) is 0 Å². The monoisotopic (exact) mass is 453 g/mol. The fourth-order valence-electron chi connectivity index (χ4n) is 3.00. The lowest BCUT2D eigenvalue weighted by molar-refractivity contribution is -0.137. The van der Waals surface area contributed by atoms with Crippen molar-refractivity contribution in [3.05, 3.63) is 59.1 Å². The summed E-state index contributed by atoms with van der Waals surface area (Å²) in [6.45, 7) is -0.438. The van der Waals surface area contributed by atoms with Crippen molar-refractivity contribution in [1.82, 2.24) is 4.31 Å². The average Bonchev–Trinajstić information content (AvgIpc) is 3.13. The molecule has 28 heavy (non-hydrogen) atoms. The van der Waals surface area contributed by atoms with Gasteiger partial charge in [0.1, 0.15) is 0 Å². The fourth-order valence-corrected chi connectivity index (χ4v) is 6.56. The second kappa shape index (κ2) is 7.33. The first-order chi connectivity index (χ1) is 12.9. The lowest BCUT2D eigenvalue weighted by Crippen LogP contribution is -2.32. The van der Waals surface area contributed by atoms with Gasteiger partial charge in [0, 0.05) is 13.1 Å². The number of nitrogens with zero attached hydrogens (tertiary/aromatic N) is 1. The van der Waals surface area contributed by atoms with Crippen LogP contribution in [0.5, 0.6) is 0 Å². The molecule has 11 heteroatoms.